The van der Waals surface area contributed by atoms with E-state index in [1.165, 1.54) is 12.1 Å². The van der Waals surface area contributed by atoms with Gasteiger partial charge < -0.3 is 9.47 Å². The summed E-state index contributed by atoms with van der Waals surface area (Å²) in [5.74, 6) is 0.455. The molecule has 0 bridgehead atoms. The first-order chi connectivity index (χ1) is 14.0. The third kappa shape index (κ3) is 3.74. The molecule has 0 amide bonds. The molecule has 0 N–H and O–H groups in total. The van der Waals surface area contributed by atoms with Gasteiger partial charge in [-0.15, -0.1) is 0 Å². The number of rotatable bonds is 4. The molecule has 0 fully saturated rings. The fraction of sp³-hybridized carbons (Fsp3) is 0.0870. The van der Waals surface area contributed by atoms with Crippen LogP contribution in [0.3, 0.4) is 0 Å². The molecule has 0 radical (unpaired) electrons. The molecule has 0 aromatic heterocycles. The van der Waals surface area contributed by atoms with Crippen molar-refractivity contribution in [3.05, 3.63) is 98.5 Å². The highest BCUT2D eigenvalue weighted by atomic mass is 35.5. The quantitative estimate of drug-likeness (QED) is 0.437. The van der Waals surface area contributed by atoms with Crippen molar-refractivity contribution in [2.24, 2.45) is 0 Å². The number of Topliss-reactive ketones (excluding diaryl/α,β-unsaturated/α-hetero) is 1. The van der Waals surface area contributed by atoms with Crippen molar-refractivity contribution < 1.29 is 18.7 Å². The first kappa shape index (κ1) is 19.5. The van der Waals surface area contributed by atoms with E-state index in [2.05, 4.69) is 0 Å². The Morgan fingerprint density at radius 1 is 1.03 bits per heavy atom. The molecule has 1 heterocycles. The topological polar surface area (TPSA) is 35.5 Å². The Morgan fingerprint density at radius 3 is 2.48 bits per heavy atom. The van der Waals surface area contributed by atoms with Crippen molar-refractivity contribution in [3.8, 4) is 11.5 Å². The number of benzene rings is 3. The number of halogens is 3. The van der Waals surface area contributed by atoms with Crippen LogP contribution >= 0.6 is 23.2 Å². The molecular formula is C23H15Cl2FO3. The first-order valence-corrected chi connectivity index (χ1v) is 9.59. The molecule has 3 nitrogen and oxygen atoms in total. The molecule has 0 saturated carbocycles. The Bertz CT molecular complexity index is 1130. The zero-order valence-corrected chi connectivity index (χ0v) is 16.9. The van der Waals surface area contributed by atoms with Crippen molar-refractivity contribution in [2.75, 3.05) is 0 Å². The predicted molar refractivity (Wildman–Crippen MR) is 111 cm³/mol. The van der Waals surface area contributed by atoms with Crippen LogP contribution in [0, 0.1) is 12.7 Å². The van der Waals surface area contributed by atoms with Crippen LogP contribution in [0.4, 0.5) is 4.39 Å². The average Bonchev–Trinajstić information content (AvgIpc) is 3.02. The van der Waals surface area contributed by atoms with Crippen LogP contribution in [0.5, 0.6) is 11.5 Å². The third-order valence-corrected chi connectivity index (χ3v) is 5.31. The van der Waals surface area contributed by atoms with Gasteiger partial charge in [0.1, 0.15) is 23.9 Å². The Kier molecular flexibility index (Phi) is 5.31. The van der Waals surface area contributed by atoms with Crippen LogP contribution in [0.1, 0.15) is 27.0 Å². The summed E-state index contributed by atoms with van der Waals surface area (Å²) < 4.78 is 25.4. The normalized spacial score (nSPS) is 14.1. The fourth-order valence-corrected chi connectivity index (χ4v) is 3.58. The monoisotopic (exact) mass is 428 g/mol. The second-order valence-electron chi connectivity index (χ2n) is 6.52. The molecule has 0 aliphatic carbocycles. The van der Waals surface area contributed by atoms with E-state index in [1.54, 1.807) is 55.5 Å². The van der Waals surface area contributed by atoms with Gasteiger partial charge in [-0.2, -0.15) is 0 Å². The number of allylic oxidation sites excluding steroid dienone is 1. The second kappa shape index (κ2) is 7.90. The Labute approximate surface area is 177 Å². The Balaban J connectivity index is 1.62. The molecule has 146 valence electrons. The molecule has 0 spiro atoms. The largest absolute Gasteiger partial charge is 0.488 e. The van der Waals surface area contributed by atoms with Crippen molar-refractivity contribution in [1.29, 1.82) is 0 Å². The maximum atomic E-state index is 13.8. The lowest BCUT2D eigenvalue weighted by atomic mass is 10.1. The van der Waals surface area contributed by atoms with Gasteiger partial charge in [-0.05, 0) is 43.3 Å². The maximum absolute atomic E-state index is 13.8. The van der Waals surface area contributed by atoms with Crippen LogP contribution in [-0.4, -0.2) is 5.78 Å². The minimum atomic E-state index is -0.334. The zero-order valence-electron chi connectivity index (χ0n) is 15.3. The standard InChI is InChI=1S/C23H15Cl2FO3/c1-13-20(28-12-14-5-2-3-8-19(14)26)10-9-15-22(27)21(29-23(13)15)11-16-17(24)6-4-7-18(16)25/h2-11H,12H2,1H3/b21-11-. The molecule has 1 aliphatic rings. The highest BCUT2D eigenvalue weighted by Crippen LogP contribution is 2.40. The summed E-state index contributed by atoms with van der Waals surface area (Å²) >= 11 is 12.4. The SMILES string of the molecule is Cc1c(OCc2ccccc2F)ccc2c1O/C(=C\c1c(Cl)cccc1Cl)C2=O. The van der Waals surface area contributed by atoms with Crippen LogP contribution in [-0.2, 0) is 6.61 Å². The van der Waals surface area contributed by atoms with Crippen molar-refractivity contribution in [3.63, 3.8) is 0 Å². The maximum Gasteiger partial charge on any atom is 0.231 e. The summed E-state index contributed by atoms with van der Waals surface area (Å²) in [6.45, 7) is 1.85. The van der Waals surface area contributed by atoms with Crippen molar-refractivity contribution in [2.45, 2.75) is 13.5 Å². The minimum absolute atomic E-state index is 0.0676. The Morgan fingerprint density at radius 2 is 1.76 bits per heavy atom. The molecule has 4 rings (SSSR count). The van der Waals surface area contributed by atoms with E-state index < -0.39 is 0 Å². The Hall–Kier alpha value is -2.82. The lowest BCUT2D eigenvalue weighted by molar-refractivity contribution is 0.101. The number of carbonyl (C=O) groups is 1. The lowest BCUT2D eigenvalue weighted by Gasteiger charge is -2.12. The fourth-order valence-electron chi connectivity index (χ4n) is 3.07. The van der Waals surface area contributed by atoms with Gasteiger partial charge in [-0.3, -0.25) is 4.79 Å². The van der Waals surface area contributed by atoms with E-state index in [0.717, 1.165) is 0 Å². The molecule has 0 unspecified atom stereocenters. The number of carbonyl (C=O) groups excluding carboxylic acids is 1. The van der Waals surface area contributed by atoms with Gasteiger partial charge in [0.25, 0.3) is 0 Å². The van der Waals surface area contributed by atoms with E-state index in [-0.39, 0.29) is 24.0 Å². The molecular weight excluding hydrogens is 414 g/mol. The molecule has 0 saturated heterocycles. The van der Waals surface area contributed by atoms with E-state index in [9.17, 15) is 9.18 Å². The van der Waals surface area contributed by atoms with E-state index in [4.69, 9.17) is 32.7 Å². The molecule has 3 aromatic rings. The number of hydrogen-bond acceptors (Lipinski definition) is 3. The number of fused-ring (bicyclic) bond motifs is 1. The van der Waals surface area contributed by atoms with E-state index >= 15 is 0 Å². The summed E-state index contributed by atoms with van der Waals surface area (Å²) in [6.07, 6.45) is 1.53. The molecule has 29 heavy (non-hydrogen) atoms. The third-order valence-electron chi connectivity index (χ3n) is 4.65. The van der Waals surface area contributed by atoms with E-state index in [0.29, 0.717) is 43.8 Å². The van der Waals surface area contributed by atoms with Crippen LogP contribution in [0.25, 0.3) is 6.08 Å². The lowest BCUT2D eigenvalue weighted by Crippen LogP contribution is -2.00. The van der Waals surface area contributed by atoms with Gasteiger partial charge in [0.2, 0.25) is 5.78 Å². The van der Waals surface area contributed by atoms with Gasteiger partial charge in [0.15, 0.2) is 5.76 Å². The molecule has 3 aromatic carbocycles. The smallest absolute Gasteiger partial charge is 0.231 e. The number of hydrogen-bond donors (Lipinski definition) is 0. The van der Waals surface area contributed by atoms with Crippen LogP contribution < -0.4 is 9.47 Å². The van der Waals surface area contributed by atoms with Gasteiger partial charge in [0, 0.05) is 26.7 Å². The molecule has 1 aliphatic heterocycles. The summed E-state index contributed by atoms with van der Waals surface area (Å²) in [4.78, 5) is 12.7. The summed E-state index contributed by atoms with van der Waals surface area (Å²) in [5.41, 5.74) is 2.04. The highest BCUT2D eigenvalue weighted by Gasteiger charge is 2.30. The van der Waals surface area contributed by atoms with Gasteiger partial charge in [-0.1, -0.05) is 47.5 Å². The summed E-state index contributed by atoms with van der Waals surface area (Å²) in [7, 11) is 0. The molecule has 6 heteroatoms. The van der Waals surface area contributed by atoms with Crippen LogP contribution in [0.2, 0.25) is 10.0 Å². The average molecular weight is 429 g/mol. The first-order valence-electron chi connectivity index (χ1n) is 8.84. The second-order valence-corrected chi connectivity index (χ2v) is 7.33. The number of ketones is 1. The van der Waals surface area contributed by atoms with Gasteiger partial charge >= 0.3 is 0 Å². The van der Waals surface area contributed by atoms with Gasteiger partial charge in [-0.25, -0.2) is 4.39 Å². The van der Waals surface area contributed by atoms with Crippen molar-refractivity contribution >= 4 is 35.1 Å². The van der Waals surface area contributed by atoms with Gasteiger partial charge in [0.05, 0.1) is 5.56 Å². The number of ether oxygens (including phenoxy) is 2. The minimum Gasteiger partial charge on any atom is -0.488 e. The zero-order chi connectivity index (χ0) is 20.5. The summed E-state index contributed by atoms with van der Waals surface area (Å²) in [6, 6.07) is 14.8. The molecule has 0 atom stereocenters. The van der Waals surface area contributed by atoms with E-state index in [1.807, 2.05) is 0 Å². The highest BCUT2D eigenvalue weighted by molar-refractivity contribution is 6.37. The summed E-state index contributed by atoms with van der Waals surface area (Å²) in [5, 5.41) is 0.839. The van der Waals surface area contributed by atoms with Crippen LogP contribution in [0.15, 0.2) is 60.4 Å². The predicted octanol–water partition coefficient (Wildman–Crippen LogP) is 6.64. The van der Waals surface area contributed by atoms with Crippen molar-refractivity contribution in [1.82, 2.24) is 0 Å².